The van der Waals surface area contributed by atoms with Gasteiger partial charge in [0.05, 0.1) is 12.4 Å². The normalized spacial score (nSPS) is 19.0. The molecule has 1 saturated heterocycles. The average molecular weight is 282 g/mol. The zero-order valence-electron chi connectivity index (χ0n) is 11.9. The second kappa shape index (κ2) is 5.60. The molecule has 2 rings (SSSR count). The zero-order valence-corrected chi connectivity index (χ0v) is 11.9. The van der Waals surface area contributed by atoms with Gasteiger partial charge in [0.15, 0.2) is 5.82 Å². The fourth-order valence-corrected chi connectivity index (χ4v) is 1.94. The van der Waals surface area contributed by atoms with Crippen LogP contribution in [-0.4, -0.2) is 45.7 Å². The van der Waals surface area contributed by atoms with Gasteiger partial charge >= 0.3 is 6.09 Å². The number of carbonyl (C=O) groups excluding carboxylic acids is 1. The molecule has 0 spiro atoms. The van der Waals surface area contributed by atoms with Crippen molar-refractivity contribution in [3.8, 4) is 0 Å². The molecular weight excluding hydrogens is 263 g/mol. The van der Waals surface area contributed by atoms with Crippen molar-refractivity contribution in [2.45, 2.75) is 38.8 Å². The van der Waals surface area contributed by atoms with E-state index in [2.05, 4.69) is 15.3 Å². The van der Waals surface area contributed by atoms with E-state index in [1.807, 2.05) is 20.8 Å². The molecule has 1 fully saturated rings. The molecule has 0 radical (unpaired) electrons. The van der Waals surface area contributed by atoms with Crippen LogP contribution >= 0.6 is 0 Å². The number of amides is 1. The molecule has 1 atom stereocenters. The molecule has 0 saturated carbocycles. The highest BCUT2D eigenvalue weighted by Gasteiger charge is 2.29. The second-order valence-electron chi connectivity index (χ2n) is 5.78. The number of ether oxygens (including phenoxy) is 1. The molecule has 6 nitrogen and oxygen atoms in total. The number of carbonyl (C=O) groups is 1. The minimum absolute atomic E-state index is 0.0491. The van der Waals surface area contributed by atoms with Gasteiger partial charge in [-0.3, -0.25) is 0 Å². The van der Waals surface area contributed by atoms with Crippen LogP contribution in [0.4, 0.5) is 15.1 Å². The maximum atomic E-state index is 12.7. The third-order valence-corrected chi connectivity index (χ3v) is 2.79. The van der Waals surface area contributed by atoms with Crippen LogP contribution < -0.4 is 5.32 Å². The number of hydrogen-bond donors (Lipinski definition) is 1. The molecule has 1 N–H and O–H groups in total. The maximum absolute atomic E-state index is 12.7. The van der Waals surface area contributed by atoms with Crippen molar-refractivity contribution in [1.82, 2.24) is 14.9 Å². The maximum Gasteiger partial charge on any atom is 0.410 e. The van der Waals surface area contributed by atoms with E-state index in [-0.39, 0.29) is 12.1 Å². The topological polar surface area (TPSA) is 67.3 Å². The molecule has 1 aliphatic rings. The van der Waals surface area contributed by atoms with Crippen LogP contribution in [-0.2, 0) is 4.74 Å². The van der Waals surface area contributed by atoms with Crippen molar-refractivity contribution in [3.63, 3.8) is 0 Å². The van der Waals surface area contributed by atoms with E-state index in [9.17, 15) is 9.18 Å². The Balaban J connectivity index is 1.86. The minimum atomic E-state index is -0.497. The van der Waals surface area contributed by atoms with Gasteiger partial charge in [0.25, 0.3) is 0 Å². The van der Waals surface area contributed by atoms with Gasteiger partial charge in [-0.15, -0.1) is 0 Å². The largest absolute Gasteiger partial charge is 0.444 e. The van der Waals surface area contributed by atoms with E-state index < -0.39 is 11.4 Å². The van der Waals surface area contributed by atoms with E-state index >= 15 is 0 Å². The van der Waals surface area contributed by atoms with Crippen LogP contribution in [0.2, 0.25) is 0 Å². The highest BCUT2D eigenvalue weighted by atomic mass is 19.1. The lowest BCUT2D eigenvalue weighted by atomic mass is 10.2. The SMILES string of the molecule is CC(C)(C)OC(=O)N1CCC(Nc2ncc(F)cn2)C1. The first-order valence-corrected chi connectivity index (χ1v) is 6.55. The van der Waals surface area contributed by atoms with E-state index in [4.69, 9.17) is 4.74 Å². The van der Waals surface area contributed by atoms with E-state index in [0.29, 0.717) is 19.0 Å². The van der Waals surface area contributed by atoms with Crippen LogP contribution in [0.5, 0.6) is 0 Å². The quantitative estimate of drug-likeness (QED) is 0.899. The van der Waals surface area contributed by atoms with Crippen molar-refractivity contribution in [1.29, 1.82) is 0 Å². The first-order valence-electron chi connectivity index (χ1n) is 6.55. The summed E-state index contributed by atoms with van der Waals surface area (Å²) in [7, 11) is 0. The molecule has 0 aromatic carbocycles. The number of anilines is 1. The monoisotopic (exact) mass is 282 g/mol. The Labute approximate surface area is 117 Å². The van der Waals surface area contributed by atoms with Gasteiger partial charge in [0.2, 0.25) is 5.95 Å². The molecule has 0 aliphatic carbocycles. The minimum Gasteiger partial charge on any atom is -0.444 e. The fraction of sp³-hybridized carbons (Fsp3) is 0.615. The number of rotatable bonds is 2. The summed E-state index contributed by atoms with van der Waals surface area (Å²) in [6, 6.07) is 0.0491. The fourth-order valence-electron chi connectivity index (χ4n) is 1.94. The van der Waals surface area contributed by atoms with Gasteiger partial charge in [-0.25, -0.2) is 19.2 Å². The molecule has 1 unspecified atom stereocenters. The summed E-state index contributed by atoms with van der Waals surface area (Å²) in [5.74, 6) is -0.111. The lowest BCUT2D eigenvalue weighted by Crippen LogP contribution is -2.36. The van der Waals surface area contributed by atoms with Crippen molar-refractivity contribution in [2.24, 2.45) is 0 Å². The summed E-state index contributed by atoms with van der Waals surface area (Å²) < 4.78 is 18.0. The van der Waals surface area contributed by atoms with Gasteiger partial charge < -0.3 is 15.0 Å². The standard InChI is InChI=1S/C13H19FN4O2/c1-13(2,3)20-12(19)18-5-4-10(8-18)17-11-15-6-9(14)7-16-11/h6-7,10H,4-5,8H2,1-3H3,(H,15,16,17). The molecule has 0 bridgehead atoms. The summed E-state index contributed by atoms with van der Waals surface area (Å²) in [6.45, 7) is 6.65. The molecular formula is C13H19FN4O2. The molecule has 110 valence electrons. The van der Waals surface area contributed by atoms with Crippen LogP contribution in [0.15, 0.2) is 12.4 Å². The Bertz CT molecular complexity index is 472. The molecule has 20 heavy (non-hydrogen) atoms. The Morgan fingerprint density at radius 3 is 2.70 bits per heavy atom. The van der Waals surface area contributed by atoms with Crippen molar-refractivity contribution in [2.75, 3.05) is 18.4 Å². The van der Waals surface area contributed by atoms with Crippen LogP contribution in [0.3, 0.4) is 0 Å². The van der Waals surface area contributed by atoms with Crippen LogP contribution in [0.25, 0.3) is 0 Å². The smallest absolute Gasteiger partial charge is 0.410 e. The first-order chi connectivity index (χ1) is 9.33. The van der Waals surface area contributed by atoms with Crippen molar-refractivity contribution >= 4 is 12.0 Å². The van der Waals surface area contributed by atoms with Crippen LogP contribution in [0, 0.1) is 5.82 Å². The van der Waals surface area contributed by atoms with Gasteiger partial charge in [-0.1, -0.05) is 0 Å². The summed E-state index contributed by atoms with van der Waals surface area (Å²) in [6.07, 6.45) is 2.67. The number of hydrogen-bond acceptors (Lipinski definition) is 5. The lowest BCUT2D eigenvalue weighted by Gasteiger charge is -2.24. The predicted molar refractivity (Wildman–Crippen MR) is 71.8 cm³/mol. The molecule has 7 heteroatoms. The number of halogens is 1. The highest BCUT2D eigenvalue weighted by molar-refractivity contribution is 5.68. The van der Waals surface area contributed by atoms with Crippen LogP contribution in [0.1, 0.15) is 27.2 Å². The third kappa shape index (κ3) is 4.04. The molecule has 1 amide bonds. The van der Waals surface area contributed by atoms with Crippen molar-refractivity contribution in [3.05, 3.63) is 18.2 Å². The van der Waals surface area contributed by atoms with Gasteiger partial charge in [0.1, 0.15) is 5.60 Å². The van der Waals surface area contributed by atoms with E-state index in [1.165, 1.54) is 0 Å². The summed E-state index contributed by atoms with van der Waals surface area (Å²) in [5.41, 5.74) is -0.497. The predicted octanol–water partition coefficient (Wildman–Crippen LogP) is 2.04. The number of likely N-dealkylation sites (tertiary alicyclic amines) is 1. The zero-order chi connectivity index (χ0) is 14.8. The number of nitrogens with one attached hydrogen (secondary N) is 1. The van der Waals surface area contributed by atoms with E-state index in [1.54, 1.807) is 4.90 Å². The Kier molecular flexibility index (Phi) is 4.06. The first kappa shape index (κ1) is 14.5. The van der Waals surface area contributed by atoms with E-state index in [0.717, 1.165) is 18.8 Å². The highest BCUT2D eigenvalue weighted by Crippen LogP contribution is 2.17. The molecule has 1 aromatic rings. The van der Waals surface area contributed by atoms with Crippen molar-refractivity contribution < 1.29 is 13.9 Å². The Morgan fingerprint density at radius 1 is 1.45 bits per heavy atom. The van der Waals surface area contributed by atoms with Gasteiger partial charge in [0, 0.05) is 19.1 Å². The summed E-state index contributed by atoms with van der Waals surface area (Å²) in [4.78, 5) is 21.2. The average Bonchev–Trinajstić information content (AvgIpc) is 2.79. The van der Waals surface area contributed by atoms with Gasteiger partial charge in [-0.2, -0.15) is 0 Å². The molecule has 1 aliphatic heterocycles. The van der Waals surface area contributed by atoms with Gasteiger partial charge in [-0.05, 0) is 27.2 Å². The Morgan fingerprint density at radius 2 is 2.10 bits per heavy atom. The number of nitrogens with zero attached hydrogens (tertiary/aromatic N) is 3. The lowest BCUT2D eigenvalue weighted by molar-refractivity contribution is 0.0293. The summed E-state index contributed by atoms with van der Waals surface area (Å²) >= 11 is 0. The second-order valence-corrected chi connectivity index (χ2v) is 5.78. The summed E-state index contributed by atoms with van der Waals surface area (Å²) in [5, 5.41) is 3.08. The Hall–Kier alpha value is -1.92. The third-order valence-electron chi connectivity index (χ3n) is 2.79. The number of aromatic nitrogens is 2. The molecule has 1 aromatic heterocycles. The molecule has 2 heterocycles.